The number of ether oxygens (including phenoxy) is 3. The number of nitrogens with zero attached hydrogens (tertiary/aromatic N) is 2. The molecule has 224 valence electrons. The van der Waals surface area contributed by atoms with E-state index in [-0.39, 0.29) is 13.2 Å². The number of halogens is 1. The summed E-state index contributed by atoms with van der Waals surface area (Å²) in [7, 11) is 0. The Morgan fingerprint density at radius 2 is 1.57 bits per heavy atom. The Bertz CT molecular complexity index is 1200. The molecular formula is C31H47FN2O6. The first-order valence-electron chi connectivity index (χ1n) is 14.6. The van der Waals surface area contributed by atoms with Crippen LogP contribution in [0.25, 0.3) is 0 Å². The van der Waals surface area contributed by atoms with Gasteiger partial charge in [-0.1, -0.05) is 61.6 Å². The summed E-state index contributed by atoms with van der Waals surface area (Å²) in [5, 5.41) is 9.95. The molecule has 0 aromatic carbocycles. The summed E-state index contributed by atoms with van der Waals surface area (Å²) < 4.78 is 35.4. The SMILES string of the molecule is CCCC1(CCC)OC2C(O1)[C@@H](CO)O[C@H]2n1cc(F)c(=O)n(C/C=C(\C)CC/C=C(\C)CCC=C(C)C)c1=O. The van der Waals surface area contributed by atoms with Gasteiger partial charge in [0.15, 0.2) is 12.0 Å². The standard InChI is InChI=1S/C31H47FN2O6/c1-7-16-31(17-8-2)39-26-25(20-35)38-29(27(26)40-31)34-19-24(32)28(36)33(30(34)37)18-15-23(6)14-10-13-22(5)12-9-11-21(3)4/h11,13,15,19,25-27,29,35H,7-10,12,14,16-18,20H2,1-6H3/b22-13+,23-15+/t25-,26?,27?,29-/m1/s1. The topological polar surface area (TPSA) is 91.9 Å². The van der Waals surface area contributed by atoms with Crippen molar-refractivity contribution >= 4 is 0 Å². The highest BCUT2D eigenvalue weighted by Gasteiger charge is 2.58. The van der Waals surface area contributed by atoms with E-state index < -0.39 is 47.4 Å². The maximum absolute atomic E-state index is 14.9. The van der Waals surface area contributed by atoms with E-state index in [2.05, 4.69) is 32.9 Å². The summed E-state index contributed by atoms with van der Waals surface area (Å²) >= 11 is 0. The molecule has 0 aliphatic carbocycles. The highest BCUT2D eigenvalue weighted by atomic mass is 19.1. The molecule has 40 heavy (non-hydrogen) atoms. The number of aliphatic hydroxyl groups excluding tert-OH is 1. The van der Waals surface area contributed by atoms with Gasteiger partial charge in [0.25, 0.3) is 5.56 Å². The molecule has 4 atom stereocenters. The zero-order chi connectivity index (χ0) is 29.4. The van der Waals surface area contributed by atoms with Gasteiger partial charge in [-0.25, -0.2) is 4.79 Å². The van der Waals surface area contributed by atoms with Crippen LogP contribution in [-0.4, -0.2) is 44.9 Å². The van der Waals surface area contributed by atoms with Gasteiger partial charge < -0.3 is 19.3 Å². The van der Waals surface area contributed by atoms with Gasteiger partial charge in [0.1, 0.15) is 18.3 Å². The molecule has 2 fully saturated rings. The number of rotatable bonds is 14. The first-order chi connectivity index (χ1) is 19.1. The van der Waals surface area contributed by atoms with E-state index in [4.69, 9.17) is 14.2 Å². The third kappa shape index (κ3) is 7.69. The summed E-state index contributed by atoms with van der Waals surface area (Å²) in [6.45, 7) is 11.9. The van der Waals surface area contributed by atoms with Crippen molar-refractivity contribution < 1.29 is 23.7 Å². The molecule has 2 aliphatic heterocycles. The quantitative estimate of drug-likeness (QED) is 0.300. The van der Waals surface area contributed by atoms with Crippen molar-refractivity contribution in [3.05, 3.63) is 67.8 Å². The molecule has 1 aromatic rings. The van der Waals surface area contributed by atoms with Crippen LogP contribution in [-0.2, 0) is 20.8 Å². The van der Waals surface area contributed by atoms with Gasteiger partial charge in [-0.2, -0.15) is 4.39 Å². The first kappa shape index (κ1) is 32.2. The number of hydrogen-bond donors (Lipinski definition) is 1. The van der Waals surface area contributed by atoms with E-state index in [1.807, 2.05) is 20.8 Å². The highest BCUT2D eigenvalue weighted by molar-refractivity contribution is 5.07. The van der Waals surface area contributed by atoms with Crippen molar-refractivity contribution in [2.45, 2.75) is 130 Å². The van der Waals surface area contributed by atoms with Crippen LogP contribution in [0.5, 0.6) is 0 Å². The van der Waals surface area contributed by atoms with Crippen LogP contribution in [0.2, 0.25) is 0 Å². The van der Waals surface area contributed by atoms with E-state index in [0.29, 0.717) is 12.8 Å². The Morgan fingerprint density at radius 3 is 2.17 bits per heavy atom. The summed E-state index contributed by atoms with van der Waals surface area (Å²) in [6.07, 6.45) is 10.6. The predicted molar refractivity (Wildman–Crippen MR) is 154 cm³/mol. The minimum Gasteiger partial charge on any atom is -0.394 e. The fraction of sp³-hybridized carbons (Fsp3) is 0.677. The lowest BCUT2D eigenvalue weighted by molar-refractivity contribution is -0.227. The Morgan fingerprint density at radius 1 is 0.975 bits per heavy atom. The molecule has 0 radical (unpaired) electrons. The number of aliphatic hydroxyl groups is 1. The summed E-state index contributed by atoms with van der Waals surface area (Å²) in [5.74, 6) is -1.90. The van der Waals surface area contributed by atoms with Gasteiger partial charge in [0.05, 0.1) is 12.8 Å². The lowest BCUT2D eigenvalue weighted by Gasteiger charge is -2.31. The molecule has 0 saturated carbocycles. The van der Waals surface area contributed by atoms with Crippen LogP contribution in [0.15, 0.2) is 50.7 Å². The van der Waals surface area contributed by atoms with Crippen LogP contribution < -0.4 is 11.2 Å². The molecule has 1 aromatic heterocycles. The number of fused-ring (bicyclic) bond motifs is 1. The van der Waals surface area contributed by atoms with E-state index in [0.717, 1.165) is 59.4 Å². The molecule has 2 unspecified atom stereocenters. The number of allylic oxidation sites excluding steroid dienone is 6. The highest BCUT2D eigenvalue weighted by Crippen LogP contribution is 2.46. The second kappa shape index (κ2) is 14.5. The Balaban J connectivity index is 1.78. The van der Waals surface area contributed by atoms with Crippen LogP contribution in [0.1, 0.15) is 99.1 Å². The maximum atomic E-state index is 14.9. The summed E-state index contributed by atoms with van der Waals surface area (Å²) in [5.41, 5.74) is 1.97. The third-order valence-electron chi connectivity index (χ3n) is 7.60. The summed E-state index contributed by atoms with van der Waals surface area (Å²) in [4.78, 5) is 26.1. The second-order valence-electron chi connectivity index (χ2n) is 11.4. The van der Waals surface area contributed by atoms with E-state index in [1.165, 1.54) is 11.1 Å². The molecule has 2 saturated heterocycles. The van der Waals surface area contributed by atoms with Gasteiger partial charge in [0, 0.05) is 19.4 Å². The van der Waals surface area contributed by atoms with Crippen LogP contribution >= 0.6 is 0 Å². The summed E-state index contributed by atoms with van der Waals surface area (Å²) in [6, 6.07) is 0. The zero-order valence-electron chi connectivity index (χ0n) is 25.0. The largest absolute Gasteiger partial charge is 0.394 e. The molecule has 9 heteroatoms. The second-order valence-corrected chi connectivity index (χ2v) is 11.4. The fourth-order valence-corrected chi connectivity index (χ4v) is 5.51. The van der Waals surface area contributed by atoms with Crippen molar-refractivity contribution in [3.63, 3.8) is 0 Å². The van der Waals surface area contributed by atoms with Crippen LogP contribution in [0.4, 0.5) is 4.39 Å². The normalized spacial score (nSPS) is 24.4. The molecule has 1 N–H and O–H groups in total. The van der Waals surface area contributed by atoms with E-state index >= 15 is 0 Å². The molecule has 2 aliphatic rings. The minimum absolute atomic E-state index is 0.0538. The Hall–Kier alpha value is -2.33. The molecule has 0 spiro atoms. The van der Waals surface area contributed by atoms with Crippen LogP contribution in [0.3, 0.4) is 0 Å². The average molecular weight is 563 g/mol. The molecule has 0 amide bonds. The van der Waals surface area contributed by atoms with Crippen molar-refractivity contribution in [1.29, 1.82) is 0 Å². The predicted octanol–water partition coefficient (Wildman–Crippen LogP) is 5.54. The lowest BCUT2D eigenvalue weighted by atomic mass is 10.1. The molecule has 8 nitrogen and oxygen atoms in total. The van der Waals surface area contributed by atoms with Crippen molar-refractivity contribution in [1.82, 2.24) is 9.13 Å². The van der Waals surface area contributed by atoms with Crippen LogP contribution in [0, 0.1) is 5.82 Å². The Labute approximate surface area is 237 Å². The fourth-order valence-electron chi connectivity index (χ4n) is 5.51. The number of aromatic nitrogens is 2. The first-order valence-corrected chi connectivity index (χ1v) is 14.6. The van der Waals surface area contributed by atoms with Gasteiger partial charge in [-0.3, -0.25) is 13.9 Å². The van der Waals surface area contributed by atoms with E-state index in [9.17, 15) is 19.1 Å². The third-order valence-corrected chi connectivity index (χ3v) is 7.60. The van der Waals surface area contributed by atoms with Gasteiger partial charge in [0.2, 0.25) is 5.82 Å². The van der Waals surface area contributed by atoms with Crippen molar-refractivity contribution in [2.24, 2.45) is 0 Å². The van der Waals surface area contributed by atoms with Crippen molar-refractivity contribution in [3.8, 4) is 0 Å². The molecule has 3 heterocycles. The smallest absolute Gasteiger partial charge is 0.333 e. The van der Waals surface area contributed by atoms with E-state index in [1.54, 1.807) is 6.08 Å². The van der Waals surface area contributed by atoms with Crippen molar-refractivity contribution in [2.75, 3.05) is 6.61 Å². The minimum atomic E-state index is -1.06. The molecule has 0 bridgehead atoms. The monoisotopic (exact) mass is 562 g/mol. The number of hydrogen-bond acceptors (Lipinski definition) is 6. The Kier molecular flexibility index (Phi) is 11.7. The molecular weight excluding hydrogens is 515 g/mol. The maximum Gasteiger partial charge on any atom is 0.333 e. The van der Waals surface area contributed by atoms with Gasteiger partial charge in [-0.05, 0) is 53.4 Å². The zero-order valence-corrected chi connectivity index (χ0v) is 25.0. The van der Waals surface area contributed by atoms with Gasteiger partial charge >= 0.3 is 5.69 Å². The average Bonchev–Trinajstić information content (AvgIpc) is 3.41. The van der Waals surface area contributed by atoms with Gasteiger partial charge in [-0.15, -0.1) is 0 Å². The molecule has 3 rings (SSSR count). The lowest BCUT2D eigenvalue weighted by Crippen LogP contribution is -2.44.